The SMILES string of the molecule is COc1cccc(CN(C2CN(C(c3ccc(Cl)cc3)c3ccc(Cl)cc3)C2)S(=O)O)c1. The monoisotopic (exact) mass is 490 g/mol. The lowest BCUT2D eigenvalue weighted by Crippen LogP contribution is -2.60. The van der Waals surface area contributed by atoms with Crippen molar-refractivity contribution >= 4 is 34.5 Å². The van der Waals surface area contributed by atoms with E-state index in [4.69, 9.17) is 27.9 Å². The zero-order valence-corrected chi connectivity index (χ0v) is 19.9. The lowest BCUT2D eigenvalue weighted by atomic mass is 9.93. The van der Waals surface area contributed by atoms with Crippen LogP contribution in [0.4, 0.5) is 0 Å². The van der Waals surface area contributed by atoms with E-state index in [2.05, 4.69) is 4.90 Å². The normalized spacial score (nSPS) is 15.7. The van der Waals surface area contributed by atoms with Crippen molar-refractivity contribution < 1.29 is 13.5 Å². The first-order valence-corrected chi connectivity index (χ1v) is 12.0. The van der Waals surface area contributed by atoms with Crippen molar-refractivity contribution in [3.05, 3.63) is 99.5 Å². The molecule has 1 heterocycles. The fourth-order valence-electron chi connectivity index (χ4n) is 4.05. The summed E-state index contributed by atoms with van der Waals surface area (Å²) >= 11 is 10.1. The molecule has 168 valence electrons. The molecule has 0 bridgehead atoms. The van der Waals surface area contributed by atoms with Gasteiger partial charge in [0.15, 0.2) is 0 Å². The Bertz CT molecular complexity index is 1030. The topological polar surface area (TPSA) is 53.0 Å². The third kappa shape index (κ3) is 5.34. The van der Waals surface area contributed by atoms with Crippen molar-refractivity contribution in [3.8, 4) is 5.75 Å². The molecule has 8 heteroatoms. The van der Waals surface area contributed by atoms with Crippen LogP contribution in [0.5, 0.6) is 5.75 Å². The predicted octanol–water partition coefficient (Wildman–Crippen LogP) is 5.41. The van der Waals surface area contributed by atoms with Crippen LogP contribution in [0.15, 0.2) is 72.8 Å². The third-order valence-corrected chi connectivity index (χ3v) is 7.04. The Hall–Kier alpha value is -1.93. The number of hydrogen-bond acceptors (Lipinski definition) is 3. The van der Waals surface area contributed by atoms with Gasteiger partial charge < -0.3 is 4.74 Å². The van der Waals surface area contributed by atoms with Gasteiger partial charge in [-0.3, -0.25) is 9.45 Å². The molecule has 5 nitrogen and oxygen atoms in total. The smallest absolute Gasteiger partial charge is 0.235 e. The molecule has 4 rings (SSSR count). The summed E-state index contributed by atoms with van der Waals surface area (Å²) in [5, 5.41) is 1.37. The third-order valence-electron chi connectivity index (χ3n) is 5.71. The highest BCUT2D eigenvalue weighted by Gasteiger charge is 2.39. The van der Waals surface area contributed by atoms with Crippen molar-refractivity contribution in [2.45, 2.75) is 18.6 Å². The van der Waals surface area contributed by atoms with E-state index in [0.29, 0.717) is 29.7 Å². The molecule has 0 amide bonds. The molecule has 0 saturated carbocycles. The second-order valence-corrected chi connectivity index (χ2v) is 9.57. The van der Waals surface area contributed by atoms with Crippen molar-refractivity contribution in [1.82, 2.24) is 9.21 Å². The minimum Gasteiger partial charge on any atom is -0.497 e. The largest absolute Gasteiger partial charge is 0.497 e. The Morgan fingerprint density at radius 1 is 1.03 bits per heavy atom. The first-order valence-electron chi connectivity index (χ1n) is 10.2. The van der Waals surface area contributed by atoms with E-state index in [1.54, 1.807) is 11.4 Å². The summed E-state index contributed by atoms with van der Waals surface area (Å²) in [6.07, 6.45) is 0. The standard InChI is InChI=1S/C24H24Cl2N2O3S/c1-31-23-4-2-3-17(13-23)14-28(32(29)30)22-15-27(16-22)24(18-5-9-20(25)10-6-18)19-7-11-21(26)12-8-19/h2-13,22,24H,14-16H2,1H3,(H,29,30). The molecule has 1 aliphatic rings. The number of methoxy groups -OCH3 is 1. The Balaban J connectivity index is 1.53. The summed E-state index contributed by atoms with van der Waals surface area (Å²) in [7, 11) is 1.61. The van der Waals surface area contributed by atoms with Gasteiger partial charge in [-0.2, -0.15) is 4.31 Å². The summed E-state index contributed by atoms with van der Waals surface area (Å²) in [6.45, 7) is 1.68. The molecule has 0 spiro atoms. The lowest BCUT2D eigenvalue weighted by molar-refractivity contribution is 0.0498. The van der Waals surface area contributed by atoms with Gasteiger partial charge in [0.1, 0.15) is 5.75 Å². The second kappa shape index (κ2) is 10.3. The van der Waals surface area contributed by atoms with Crippen LogP contribution in [0.25, 0.3) is 0 Å². The molecule has 32 heavy (non-hydrogen) atoms. The minimum atomic E-state index is -2.08. The first-order chi connectivity index (χ1) is 15.4. The molecule has 0 radical (unpaired) electrons. The zero-order chi connectivity index (χ0) is 22.7. The Labute approximate surface area is 200 Å². The molecule has 0 aromatic heterocycles. The van der Waals surface area contributed by atoms with E-state index in [-0.39, 0.29) is 12.1 Å². The van der Waals surface area contributed by atoms with E-state index in [0.717, 1.165) is 22.4 Å². The first kappa shape index (κ1) is 23.2. The molecule has 3 aromatic rings. The van der Waals surface area contributed by atoms with Crippen LogP contribution in [0, 0.1) is 0 Å². The maximum atomic E-state index is 12.1. The summed E-state index contributed by atoms with van der Waals surface area (Å²) in [5.41, 5.74) is 3.15. The lowest BCUT2D eigenvalue weighted by Gasteiger charge is -2.47. The average Bonchev–Trinajstić information content (AvgIpc) is 2.76. The molecule has 0 aliphatic carbocycles. The van der Waals surface area contributed by atoms with E-state index >= 15 is 0 Å². The van der Waals surface area contributed by atoms with Crippen LogP contribution in [-0.2, 0) is 17.8 Å². The molecule has 1 atom stereocenters. The number of ether oxygens (including phenoxy) is 1. The Kier molecular flexibility index (Phi) is 7.51. The highest BCUT2D eigenvalue weighted by atomic mass is 35.5. The zero-order valence-electron chi connectivity index (χ0n) is 17.5. The number of benzene rings is 3. The maximum Gasteiger partial charge on any atom is 0.235 e. The number of halogens is 2. The quantitative estimate of drug-likeness (QED) is 0.428. The molecule has 1 N–H and O–H groups in total. The predicted molar refractivity (Wildman–Crippen MR) is 129 cm³/mol. The highest BCUT2D eigenvalue weighted by Crippen LogP contribution is 2.35. The second-order valence-electron chi connectivity index (χ2n) is 7.77. The molecule has 1 aliphatic heterocycles. The fraction of sp³-hybridized carbons (Fsp3) is 0.250. The van der Waals surface area contributed by atoms with Gasteiger partial charge in [-0.05, 0) is 53.1 Å². The van der Waals surface area contributed by atoms with Gasteiger partial charge in [-0.1, -0.05) is 59.6 Å². The average molecular weight is 491 g/mol. The minimum absolute atomic E-state index is 0.00609. The van der Waals surface area contributed by atoms with Crippen molar-refractivity contribution in [1.29, 1.82) is 0 Å². The Morgan fingerprint density at radius 2 is 1.59 bits per heavy atom. The molecule has 1 unspecified atom stereocenters. The number of hydrogen-bond donors (Lipinski definition) is 1. The highest BCUT2D eigenvalue weighted by molar-refractivity contribution is 7.76. The number of likely N-dealkylation sites (tertiary alicyclic amines) is 1. The van der Waals surface area contributed by atoms with Gasteiger partial charge in [0, 0.05) is 29.7 Å². The number of nitrogens with zero attached hydrogens (tertiary/aromatic N) is 2. The fourth-order valence-corrected chi connectivity index (χ4v) is 4.95. The van der Waals surface area contributed by atoms with E-state index in [1.165, 1.54) is 0 Å². The summed E-state index contributed by atoms with van der Waals surface area (Å²) in [6, 6.07) is 23.1. The van der Waals surface area contributed by atoms with Crippen LogP contribution in [0.1, 0.15) is 22.7 Å². The van der Waals surface area contributed by atoms with E-state index in [9.17, 15) is 8.76 Å². The van der Waals surface area contributed by atoms with Crippen LogP contribution in [0.3, 0.4) is 0 Å². The van der Waals surface area contributed by atoms with Crippen LogP contribution >= 0.6 is 23.2 Å². The van der Waals surface area contributed by atoms with Crippen molar-refractivity contribution in [2.75, 3.05) is 20.2 Å². The van der Waals surface area contributed by atoms with Gasteiger partial charge in [-0.15, -0.1) is 0 Å². The Morgan fingerprint density at radius 3 is 2.09 bits per heavy atom. The number of rotatable bonds is 8. The van der Waals surface area contributed by atoms with Crippen LogP contribution in [0.2, 0.25) is 10.0 Å². The summed E-state index contributed by atoms with van der Waals surface area (Å²) in [5.74, 6) is 0.729. The summed E-state index contributed by atoms with van der Waals surface area (Å²) < 4.78 is 29.0. The van der Waals surface area contributed by atoms with Crippen LogP contribution in [-0.4, -0.2) is 44.2 Å². The van der Waals surface area contributed by atoms with E-state index in [1.807, 2.05) is 72.8 Å². The maximum absolute atomic E-state index is 12.1. The van der Waals surface area contributed by atoms with E-state index < -0.39 is 11.3 Å². The van der Waals surface area contributed by atoms with Gasteiger partial charge in [0.05, 0.1) is 19.2 Å². The van der Waals surface area contributed by atoms with Gasteiger partial charge >= 0.3 is 0 Å². The van der Waals surface area contributed by atoms with Crippen molar-refractivity contribution in [2.24, 2.45) is 0 Å². The summed E-state index contributed by atoms with van der Waals surface area (Å²) in [4.78, 5) is 2.29. The van der Waals surface area contributed by atoms with Crippen LogP contribution < -0.4 is 4.74 Å². The molecule has 3 aromatic carbocycles. The molecular weight excluding hydrogens is 467 g/mol. The van der Waals surface area contributed by atoms with Gasteiger partial charge in [0.2, 0.25) is 11.3 Å². The van der Waals surface area contributed by atoms with Crippen molar-refractivity contribution in [3.63, 3.8) is 0 Å². The van der Waals surface area contributed by atoms with Gasteiger partial charge in [-0.25, -0.2) is 4.21 Å². The van der Waals surface area contributed by atoms with Gasteiger partial charge in [0.25, 0.3) is 0 Å². The molecular formula is C24H24Cl2N2O3S. The molecule has 1 saturated heterocycles. The molecule has 1 fully saturated rings.